The van der Waals surface area contributed by atoms with Gasteiger partial charge in [-0.2, -0.15) is 10.2 Å². The van der Waals surface area contributed by atoms with E-state index in [1.807, 2.05) is 18.5 Å². The monoisotopic (exact) mass is 159 g/mol. The highest BCUT2D eigenvalue weighted by Crippen LogP contribution is 2.12. The van der Waals surface area contributed by atoms with Crippen molar-refractivity contribution < 1.29 is 0 Å². The molecule has 2 aromatic heterocycles. The lowest BCUT2D eigenvalue weighted by atomic mass is 10.1. The van der Waals surface area contributed by atoms with Crippen LogP contribution in [0.5, 0.6) is 0 Å². The van der Waals surface area contributed by atoms with E-state index in [1.165, 1.54) is 0 Å². The first kappa shape index (κ1) is 7.16. The van der Waals surface area contributed by atoms with Crippen molar-refractivity contribution in [3.05, 3.63) is 30.2 Å². The molecule has 0 amide bonds. The third-order valence-corrected chi connectivity index (χ3v) is 1.88. The second-order valence-corrected chi connectivity index (χ2v) is 2.62. The van der Waals surface area contributed by atoms with Crippen LogP contribution < -0.4 is 0 Å². The van der Waals surface area contributed by atoms with Gasteiger partial charge in [0.2, 0.25) is 0 Å². The zero-order chi connectivity index (χ0) is 8.39. The highest BCUT2D eigenvalue weighted by Gasteiger charge is 1.99. The summed E-state index contributed by atoms with van der Waals surface area (Å²) in [5.74, 6) is 0. The summed E-state index contributed by atoms with van der Waals surface area (Å²) in [6, 6.07) is 1.93. The molecule has 0 radical (unpaired) electrons. The summed E-state index contributed by atoms with van der Waals surface area (Å²) in [5, 5.41) is 8.97. The van der Waals surface area contributed by atoms with Crippen molar-refractivity contribution >= 4 is 10.9 Å². The van der Waals surface area contributed by atoms with Crippen LogP contribution in [0.2, 0.25) is 0 Å². The molecular weight excluding hydrogens is 150 g/mol. The standard InChI is InChI=1S/C9H9N3/c1-2-7-5-10-6-8-3-4-11-12-9(7)8/h3-6H,2H2,1H3. The minimum absolute atomic E-state index is 0.947. The molecule has 0 unspecified atom stereocenters. The summed E-state index contributed by atoms with van der Waals surface area (Å²) < 4.78 is 0. The SMILES string of the molecule is CCc1cncc2ccnnc12. The number of hydrogen-bond donors (Lipinski definition) is 0. The van der Waals surface area contributed by atoms with Crippen molar-refractivity contribution in [3.8, 4) is 0 Å². The minimum Gasteiger partial charge on any atom is -0.264 e. The molecule has 2 aromatic rings. The molecule has 0 N–H and O–H groups in total. The Balaban J connectivity index is 2.79. The summed E-state index contributed by atoms with van der Waals surface area (Å²) in [6.45, 7) is 2.09. The van der Waals surface area contributed by atoms with Crippen molar-refractivity contribution in [2.24, 2.45) is 0 Å². The lowest BCUT2D eigenvalue weighted by molar-refractivity contribution is 1.04. The number of aryl methyl sites for hydroxylation is 1. The molecule has 0 aliphatic rings. The van der Waals surface area contributed by atoms with Gasteiger partial charge in [0.15, 0.2) is 0 Å². The minimum atomic E-state index is 0.947. The predicted molar refractivity (Wildman–Crippen MR) is 46.7 cm³/mol. The van der Waals surface area contributed by atoms with Crippen molar-refractivity contribution in [2.45, 2.75) is 13.3 Å². The molecule has 60 valence electrons. The second kappa shape index (κ2) is 2.85. The third-order valence-electron chi connectivity index (χ3n) is 1.88. The summed E-state index contributed by atoms with van der Waals surface area (Å²) in [7, 11) is 0. The molecule has 2 heterocycles. The Morgan fingerprint density at radius 2 is 2.25 bits per heavy atom. The van der Waals surface area contributed by atoms with E-state index in [2.05, 4.69) is 22.1 Å². The zero-order valence-corrected chi connectivity index (χ0v) is 6.86. The van der Waals surface area contributed by atoms with E-state index in [9.17, 15) is 0 Å². The van der Waals surface area contributed by atoms with Gasteiger partial charge < -0.3 is 0 Å². The van der Waals surface area contributed by atoms with E-state index >= 15 is 0 Å². The molecule has 0 bridgehead atoms. The van der Waals surface area contributed by atoms with Gasteiger partial charge in [-0.05, 0) is 18.1 Å². The quantitative estimate of drug-likeness (QED) is 0.634. The zero-order valence-electron chi connectivity index (χ0n) is 6.86. The van der Waals surface area contributed by atoms with Crippen LogP contribution in [0, 0.1) is 0 Å². The molecule has 0 saturated heterocycles. The average Bonchev–Trinajstić information content (AvgIpc) is 2.17. The van der Waals surface area contributed by atoms with Crippen LogP contribution in [0.4, 0.5) is 0 Å². The van der Waals surface area contributed by atoms with Crippen LogP contribution in [0.25, 0.3) is 10.9 Å². The molecule has 0 saturated carbocycles. The van der Waals surface area contributed by atoms with Crippen molar-refractivity contribution in [3.63, 3.8) is 0 Å². The smallest absolute Gasteiger partial charge is 0.0992 e. The highest BCUT2D eigenvalue weighted by molar-refractivity contribution is 5.79. The Morgan fingerprint density at radius 3 is 3.08 bits per heavy atom. The van der Waals surface area contributed by atoms with Gasteiger partial charge in [-0.1, -0.05) is 6.92 Å². The molecule has 0 atom stereocenters. The Hall–Kier alpha value is -1.51. The molecule has 0 aromatic carbocycles. The number of nitrogens with zero attached hydrogens (tertiary/aromatic N) is 3. The fourth-order valence-corrected chi connectivity index (χ4v) is 1.22. The van der Waals surface area contributed by atoms with Gasteiger partial charge in [-0.3, -0.25) is 4.98 Å². The number of pyridine rings is 1. The Labute approximate surface area is 70.5 Å². The fraction of sp³-hybridized carbons (Fsp3) is 0.222. The molecule has 0 aliphatic heterocycles. The highest BCUT2D eigenvalue weighted by atomic mass is 15.1. The lowest BCUT2D eigenvalue weighted by Crippen LogP contribution is -1.90. The fourth-order valence-electron chi connectivity index (χ4n) is 1.22. The first-order chi connectivity index (χ1) is 5.92. The maximum absolute atomic E-state index is 4.12. The van der Waals surface area contributed by atoms with Crippen LogP contribution in [0.15, 0.2) is 24.7 Å². The summed E-state index contributed by atoms with van der Waals surface area (Å²) >= 11 is 0. The molecule has 0 fully saturated rings. The van der Waals surface area contributed by atoms with Gasteiger partial charge in [0.25, 0.3) is 0 Å². The molecule has 3 heteroatoms. The van der Waals surface area contributed by atoms with Crippen molar-refractivity contribution in [1.82, 2.24) is 15.2 Å². The molecule has 0 spiro atoms. The topological polar surface area (TPSA) is 38.7 Å². The molecule has 12 heavy (non-hydrogen) atoms. The van der Waals surface area contributed by atoms with E-state index in [4.69, 9.17) is 0 Å². The van der Waals surface area contributed by atoms with Gasteiger partial charge in [0.1, 0.15) is 0 Å². The predicted octanol–water partition coefficient (Wildman–Crippen LogP) is 1.59. The first-order valence-electron chi connectivity index (χ1n) is 3.96. The van der Waals surface area contributed by atoms with Crippen LogP contribution in [-0.4, -0.2) is 15.2 Å². The number of aromatic nitrogens is 3. The van der Waals surface area contributed by atoms with Gasteiger partial charge in [0.05, 0.1) is 11.7 Å². The van der Waals surface area contributed by atoms with Gasteiger partial charge in [-0.25, -0.2) is 0 Å². The number of fused-ring (bicyclic) bond motifs is 1. The molecular formula is C9H9N3. The number of rotatable bonds is 1. The van der Waals surface area contributed by atoms with Crippen LogP contribution in [-0.2, 0) is 6.42 Å². The van der Waals surface area contributed by atoms with E-state index < -0.39 is 0 Å². The van der Waals surface area contributed by atoms with E-state index in [0.29, 0.717) is 0 Å². The van der Waals surface area contributed by atoms with Crippen LogP contribution in [0.3, 0.4) is 0 Å². The van der Waals surface area contributed by atoms with Crippen molar-refractivity contribution in [1.29, 1.82) is 0 Å². The van der Waals surface area contributed by atoms with Crippen LogP contribution in [0.1, 0.15) is 12.5 Å². The number of hydrogen-bond acceptors (Lipinski definition) is 3. The van der Waals surface area contributed by atoms with Gasteiger partial charge in [-0.15, -0.1) is 0 Å². The van der Waals surface area contributed by atoms with Gasteiger partial charge >= 0.3 is 0 Å². The first-order valence-corrected chi connectivity index (χ1v) is 3.96. The Morgan fingerprint density at radius 1 is 1.33 bits per heavy atom. The van der Waals surface area contributed by atoms with Crippen LogP contribution >= 0.6 is 0 Å². The molecule has 3 nitrogen and oxygen atoms in total. The Bertz CT molecular complexity index is 392. The maximum Gasteiger partial charge on any atom is 0.0992 e. The third kappa shape index (κ3) is 1.03. The summed E-state index contributed by atoms with van der Waals surface area (Å²) in [5.41, 5.74) is 2.12. The summed E-state index contributed by atoms with van der Waals surface area (Å²) in [6.07, 6.45) is 6.28. The lowest BCUT2D eigenvalue weighted by Gasteiger charge is -1.99. The second-order valence-electron chi connectivity index (χ2n) is 2.62. The normalized spacial score (nSPS) is 10.4. The average molecular weight is 159 g/mol. The molecule has 2 rings (SSSR count). The molecule has 0 aliphatic carbocycles. The Kier molecular flexibility index (Phi) is 1.70. The summed E-state index contributed by atoms with van der Waals surface area (Å²) in [4.78, 5) is 4.12. The van der Waals surface area contributed by atoms with Gasteiger partial charge in [0, 0.05) is 17.8 Å². The van der Waals surface area contributed by atoms with E-state index in [-0.39, 0.29) is 0 Å². The maximum atomic E-state index is 4.12. The van der Waals surface area contributed by atoms with E-state index in [0.717, 1.165) is 22.9 Å². The van der Waals surface area contributed by atoms with E-state index in [1.54, 1.807) is 6.20 Å². The van der Waals surface area contributed by atoms with Crippen molar-refractivity contribution in [2.75, 3.05) is 0 Å². The largest absolute Gasteiger partial charge is 0.264 e.